The third-order valence-electron chi connectivity index (χ3n) is 2.79. The summed E-state index contributed by atoms with van der Waals surface area (Å²) in [5, 5.41) is 11.5. The highest BCUT2D eigenvalue weighted by Gasteiger charge is 2.22. The molecule has 6 N–H and O–H groups in total. The molecule has 102 valence electrons. The number of carbonyl (C=O) groups is 2. The van der Waals surface area contributed by atoms with Gasteiger partial charge in [0, 0.05) is 19.6 Å². The number of rotatable bonds is 4. The normalized spacial score (nSPS) is 16.5. The quantitative estimate of drug-likeness (QED) is 0.480. The number of carbonyl (C=O) groups excluding carboxylic acids is 2. The highest BCUT2D eigenvalue weighted by Crippen LogP contribution is 2.24. The fourth-order valence-electron chi connectivity index (χ4n) is 1.87. The fourth-order valence-corrected chi connectivity index (χ4v) is 1.87. The van der Waals surface area contributed by atoms with E-state index in [-0.39, 0.29) is 11.9 Å². The van der Waals surface area contributed by atoms with E-state index in [1.54, 1.807) is 0 Å². The van der Waals surface area contributed by atoms with E-state index in [4.69, 9.17) is 5.73 Å². The van der Waals surface area contributed by atoms with Gasteiger partial charge in [0.1, 0.15) is 6.04 Å². The zero-order valence-electron chi connectivity index (χ0n) is 10.4. The lowest BCUT2D eigenvalue weighted by Crippen LogP contribution is -2.48. The number of anilines is 2. The Morgan fingerprint density at radius 3 is 2.63 bits per heavy atom. The number of fused-ring (bicyclic) bond motifs is 1. The Morgan fingerprint density at radius 2 is 1.89 bits per heavy atom. The topological polar surface area (TPSA) is 108 Å². The molecule has 1 heterocycles. The van der Waals surface area contributed by atoms with E-state index in [0.717, 1.165) is 11.4 Å². The first kappa shape index (κ1) is 13.0. The minimum atomic E-state index is -0.597. The number of benzene rings is 1. The van der Waals surface area contributed by atoms with Gasteiger partial charge < -0.3 is 27.0 Å². The number of urea groups is 1. The van der Waals surface area contributed by atoms with Crippen LogP contribution in [-0.2, 0) is 4.79 Å². The molecule has 7 heteroatoms. The standard InChI is InChI=1S/C12H17N5O2/c13-12(19)15-6-5-14-11(18)10-7-16-8-3-1-2-4-9(8)17-10/h1-4,10,16-17H,5-7H2,(H,14,18)(H3,13,15,19). The summed E-state index contributed by atoms with van der Waals surface area (Å²) >= 11 is 0. The minimum absolute atomic E-state index is 0.117. The summed E-state index contributed by atoms with van der Waals surface area (Å²) in [5.74, 6) is -0.117. The van der Waals surface area contributed by atoms with Crippen molar-refractivity contribution in [2.24, 2.45) is 5.73 Å². The summed E-state index contributed by atoms with van der Waals surface area (Å²) in [4.78, 5) is 22.4. The maximum Gasteiger partial charge on any atom is 0.312 e. The van der Waals surface area contributed by atoms with Crippen molar-refractivity contribution in [1.29, 1.82) is 0 Å². The molecule has 1 aliphatic heterocycles. The van der Waals surface area contributed by atoms with Crippen molar-refractivity contribution in [1.82, 2.24) is 10.6 Å². The first-order chi connectivity index (χ1) is 9.16. The molecule has 3 amide bonds. The zero-order valence-corrected chi connectivity index (χ0v) is 10.4. The van der Waals surface area contributed by atoms with Crippen LogP contribution < -0.4 is 27.0 Å². The maximum absolute atomic E-state index is 11.9. The van der Waals surface area contributed by atoms with Crippen molar-refractivity contribution in [3.8, 4) is 0 Å². The van der Waals surface area contributed by atoms with Gasteiger partial charge in [-0.05, 0) is 12.1 Å². The Balaban J connectivity index is 1.80. The molecule has 1 atom stereocenters. The van der Waals surface area contributed by atoms with Crippen LogP contribution in [-0.4, -0.2) is 37.6 Å². The predicted molar refractivity (Wildman–Crippen MR) is 72.9 cm³/mol. The van der Waals surface area contributed by atoms with Crippen molar-refractivity contribution in [2.45, 2.75) is 6.04 Å². The number of primary amides is 1. The molecule has 2 rings (SSSR count). The number of hydrogen-bond donors (Lipinski definition) is 5. The molecule has 0 saturated carbocycles. The lowest BCUT2D eigenvalue weighted by molar-refractivity contribution is -0.121. The van der Waals surface area contributed by atoms with Crippen LogP contribution in [0.15, 0.2) is 24.3 Å². The van der Waals surface area contributed by atoms with E-state index in [1.165, 1.54) is 0 Å². The van der Waals surface area contributed by atoms with E-state index < -0.39 is 6.03 Å². The summed E-state index contributed by atoms with van der Waals surface area (Å²) in [6.45, 7) is 1.19. The van der Waals surface area contributed by atoms with Crippen LogP contribution in [0.1, 0.15) is 0 Å². The van der Waals surface area contributed by atoms with Crippen molar-refractivity contribution in [2.75, 3.05) is 30.3 Å². The second kappa shape index (κ2) is 5.94. The molecule has 0 aromatic heterocycles. The van der Waals surface area contributed by atoms with Crippen LogP contribution in [0, 0.1) is 0 Å². The molecule has 0 saturated heterocycles. The Hall–Kier alpha value is -2.44. The van der Waals surface area contributed by atoms with Crippen molar-refractivity contribution in [3.63, 3.8) is 0 Å². The van der Waals surface area contributed by atoms with Crippen LogP contribution in [0.5, 0.6) is 0 Å². The second-order valence-corrected chi connectivity index (χ2v) is 4.21. The molecule has 0 spiro atoms. The van der Waals surface area contributed by atoms with Crippen molar-refractivity contribution < 1.29 is 9.59 Å². The molecule has 1 aliphatic rings. The van der Waals surface area contributed by atoms with Crippen LogP contribution in [0.3, 0.4) is 0 Å². The van der Waals surface area contributed by atoms with E-state index in [2.05, 4.69) is 21.3 Å². The second-order valence-electron chi connectivity index (χ2n) is 4.21. The van der Waals surface area contributed by atoms with Gasteiger partial charge in [0.25, 0.3) is 0 Å². The number of nitrogens with one attached hydrogen (secondary N) is 4. The van der Waals surface area contributed by atoms with Gasteiger partial charge in [-0.2, -0.15) is 0 Å². The average molecular weight is 263 g/mol. The van der Waals surface area contributed by atoms with E-state index in [9.17, 15) is 9.59 Å². The monoisotopic (exact) mass is 263 g/mol. The molecule has 1 aromatic rings. The molecule has 1 unspecified atom stereocenters. The first-order valence-electron chi connectivity index (χ1n) is 6.07. The summed E-state index contributed by atoms with van der Waals surface area (Å²) in [7, 11) is 0. The van der Waals surface area contributed by atoms with Gasteiger partial charge in [-0.15, -0.1) is 0 Å². The third-order valence-corrected chi connectivity index (χ3v) is 2.79. The van der Waals surface area contributed by atoms with Gasteiger partial charge in [0.15, 0.2) is 0 Å². The summed E-state index contributed by atoms with van der Waals surface area (Å²) in [6.07, 6.45) is 0. The molecule has 1 aromatic carbocycles. The van der Waals surface area contributed by atoms with E-state index >= 15 is 0 Å². The molecule has 0 fully saturated rings. The van der Waals surface area contributed by atoms with Gasteiger partial charge >= 0.3 is 6.03 Å². The van der Waals surface area contributed by atoms with Gasteiger partial charge in [-0.1, -0.05) is 12.1 Å². The predicted octanol–water partition coefficient (Wildman–Crippen LogP) is -0.323. The van der Waals surface area contributed by atoms with Crippen molar-refractivity contribution >= 4 is 23.3 Å². The number of para-hydroxylation sites is 2. The summed E-state index contributed by atoms with van der Waals surface area (Å²) < 4.78 is 0. The van der Waals surface area contributed by atoms with Crippen LogP contribution in [0.2, 0.25) is 0 Å². The molecule has 7 nitrogen and oxygen atoms in total. The Kier molecular flexibility index (Phi) is 4.07. The Morgan fingerprint density at radius 1 is 1.21 bits per heavy atom. The Labute approximate surface area is 110 Å². The zero-order chi connectivity index (χ0) is 13.7. The summed E-state index contributed by atoms with van der Waals surface area (Å²) in [5.41, 5.74) is 6.81. The maximum atomic E-state index is 11.9. The molecular weight excluding hydrogens is 246 g/mol. The number of hydrogen-bond acceptors (Lipinski definition) is 4. The van der Waals surface area contributed by atoms with Crippen LogP contribution >= 0.6 is 0 Å². The molecule has 0 aliphatic carbocycles. The van der Waals surface area contributed by atoms with Crippen molar-refractivity contribution in [3.05, 3.63) is 24.3 Å². The smallest absolute Gasteiger partial charge is 0.312 e. The lowest BCUT2D eigenvalue weighted by atomic mass is 10.1. The highest BCUT2D eigenvalue weighted by atomic mass is 16.2. The minimum Gasteiger partial charge on any atom is -0.381 e. The fraction of sp³-hybridized carbons (Fsp3) is 0.333. The SMILES string of the molecule is NC(=O)NCCNC(=O)C1CNc2ccccc2N1. The molecule has 0 radical (unpaired) electrons. The number of nitrogens with two attached hydrogens (primary N) is 1. The average Bonchev–Trinajstić information content (AvgIpc) is 2.42. The highest BCUT2D eigenvalue weighted by molar-refractivity contribution is 5.88. The van der Waals surface area contributed by atoms with Gasteiger partial charge in [-0.25, -0.2) is 4.79 Å². The van der Waals surface area contributed by atoms with Gasteiger partial charge in [0.2, 0.25) is 5.91 Å². The third kappa shape index (κ3) is 3.51. The Bertz CT molecular complexity index is 477. The van der Waals surface area contributed by atoms with Crippen LogP contribution in [0.4, 0.5) is 16.2 Å². The number of amides is 3. The van der Waals surface area contributed by atoms with Gasteiger partial charge in [-0.3, -0.25) is 4.79 Å². The largest absolute Gasteiger partial charge is 0.381 e. The van der Waals surface area contributed by atoms with E-state index in [0.29, 0.717) is 19.6 Å². The van der Waals surface area contributed by atoms with Gasteiger partial charge in [0.05, 0.1) is 11.4 Å². The van der Waals surface area contributed by atoms with Crippen LogP contribution in [0.25, 0.3) is 0 Å². The summed E-state index contributed by atoms with van der Waals surface area (Å²) in [6, 6.07) is 6.78. The lowest BCUT2D eigenvalue weighted by Gasteiger charge is -2.27. The molecule has 19 heavy (non-hydrogen) atoms. The molecular formula is C12H17N5O2. The molecule has 0 bridgehead atoms. The van der Waals surface area contributed by atoms with E-state index in [1.807, 2.05) is 24.3 Å². The first-order valence-corrected chi connectivity index (χ1v) is 6.07.